The quantitative estimate of drug-likeness (QED) is 0.766. The minimum Gasteiger partial charge on any atom is -0.455 e. The van der Waals surface area contributed by atoms with E-state index in [4.69, 9.17) is 4.42 Å². The van der Waals surface area contributed by atoms with E-state index in [2.05, 4.69) is 0 Å². The van der Waals surface area contributed by atoms with Gasteiger partial charge >= 0.3 is 0 Å². The molecule has 0 radical (unpaired) electrons. The number of alkyl halides is 2. The maximum absolute atomic E-state index is 13.6. The predicted octanol–water partition coefficient (Wildman–Crippen LogP) is 4.59. The first-order valence-corrected chi connectivity index (χ1v) is 6.30. The van der Waals surface area contributed by atoms with Crippen LogP contribution in [0.15, 0.2) is 52.9 Å². The SMILES string of the molecule is OC(c1cccc(C(F)F)c1)c1cc2cccc(F)c2o1. The zero-order valence-electron chi connectivity index (χ0n) is 10.8. The van der Waals surface area contributed by atoms with Gasteiger partial charge in [-0.1, -0.05) is 30.3 Å². The summed E-state index contributed by atoms with van der Waals surface area (Å²) in [6, 6.07) is 11.4. The molecular formula is C16H11F3O2. The molecule has 2 aromatic carbocycles. The van der Waals surface area contributed by atoms with E-state index >= 15 is 0 Å². The highest BCUT2D eigenvalue weighted by molar-refractivity contribution is 5.78. The van der Waals surface area contributed by atoms with Gasteiger partial charge < -0.3 is 9.52 Å². The zero-order chi connectivity index (χ0) is 15.0. The van der Waals surface area contributed by atoms with Gasteiger partial charge in [0.05, 0.1) is 0 Å². The molecule has 1 heterocycles. The molecule has 5 heteroatoms. The van der Waals surface area contributed by atoms with Crippen LogP contribution in [0, 0.1) is 5.82 Å². The summed E-state index contributed by atoms with van der Waals surface area (Å²) in [4.78, 5) is 0. The Morgan fingerprint density at radius 2 is 1.67 bits per heavy atom. The minimum absolute atomic E-state index is 0.0385. The number of aliphatic hydroxyl groups excluding tert-OH is 1. The molecule has 3 aromatic rings. The minimum atomic E-state index is -2.62. The molecule has 0 amide bonds. The summed E-state index contributed by atoms with van der Waals surface area (Å²) in [5, 5.41) is 10.7. The molecule has 0 bridgehead atoms. The average molecular weight is 292 g/mol. The monoisotopic (exact) mass is 292 g/mol. The van der Waals surface area contributed by atoms with Crippen molar-refractivity contribution in [3.05, 3.63) is 71.2 Å². The molecule has 1 N–H and O–H groups in total. The Hall–Kier alpha value is -2.27. The highest BCUT2D eigenvalue weighted by atomic mass is 19.3. The van der Waals surface area contributed by atoms with Crippen LogP contribution in [0.25, 0.3) is 11.0 Å². The summed E-state index contributed by atoms with van der Waals surface area (Å²) >= 11 is 0. The summed E-state index contributed by atoms with van der Waals surface area (Å²) in [6.07, 6.45) is -3.85. The Morgan fingerprint density at radius 1 is 0.952 bits per heavy atom. The number of hydrogen-bond donors (Lipinski definition) is 1. The third kappa shape index (κ3) is 2.52. The number of hydrogen-bond acceptors (Lipinski definition) is 2. The fraction of sp³-hybridized carbons (Fsp3) is 0.125. The van der Waals surface area contributed by atoms with Crippen molar-refractivity contribution >= 4 is 11.0 Å². The summed E-state index contributed by atoms with van der Waals surface area (Å²) in [5.74, 6) is -0.422. The number of rotatable bonds is 3. The smallest absolute Gasteiger partial charge is 0.263 e. The van der Waals surface area contributed by atoms with Gasteiger partial charge in [0.15, 0.2) is 11.4 Å². The van der Waals surface area contributed by atoms with Crippen LogP contribution >= 0.6 is 0 Å². The average Bonchev–Trinajstić information content (AvgIpc) is 2.92. The lowest BCUT2D eigenvalue weighted by Gasteiger charge is -2.09. The molecule has 0 aliphatic heterocycles. The number of halogens is 3. The second-order valence-corrected chi connectivity index (χ2v) is 4.68. The van der Waals surface area contributed by atoms with Crippen molar-refractivity contribution in [3.63, 3.8) is 0 Å². The lowest BCUT2D eigenvalue weighted by atomic mass is 10.0. The van der Waals surface area contributed by atoms with E-state index in [9.17, 15) is 18.3 Å². The molecule has 0 saturated heterocycles. The lowest BCUT2D eigenvalue weighted by molar-refractivity contribution is 0.150. The Morgan fingerprint density at radius 3 is 2.38 bits per heavy atom. The zero-order valence-corrected chi connectivity index (χ0v) is 10.8. The molecule has 2 nitrogen and oxygen atoms in total. The molecule has 0 aliphatic rings. The number of fused-ring (bicyclic) bond motifs is 1. The maximum Gasteiger partial charge on any atom is 0.263 e. The Kier molecular flexibility index (Phi) is 3.43. The van der Waals surface area contributed by atoms with Crippen LogP contribution in [-0.2, 0) is 0 Å². The molecule has 1 atom stereocenters. The Bertz CT molecular complexity index is 780. The van der Waals surface area contributed by atoms with Crippen LogP contribution in [0.5, 0.6) is 0 Å². The Balaban J connectivity index is 2.02. The van der Waals surface area contributed by atoms with Crippen molar-refractivity contribution in [2.24, 2.45) is 0 Å². The molecule has 0 spiro atoms. The van der Waals surface area contributed by atoms with E-state index in [0.717, 1.165) is 0 Å². The standard InChI is InChI=1S/C16H11F3O2/c17-12-6-2-4-10-8-13(21-15(10)12)14(20)9-3-1-5-11(7-9)16(18)19/h1-8,14,16,20H. The summed E-state index contributed by atoms with van der Waals surface area (Å²) < 4.78 is 44.2. The molecule has 1 unspecified atom stereocenters. The van der Waals surface area contributed by atoms with E-state index < -0.39 is 18.3 Å². The number of benzene rings is 2. The van der Waals surface area contributed by atoms with Crippen molar-refractivity contribution in [2.45, 2.75) is 12.5 Å². The lowest BCUT2D eigenvalue weighted by Crippen LogP contribution is -1.99. The van der Waals surface area contributed by atoms with Gasteiger partial charge in [0.2, 0.25) is 0 Å². The van der Waals surface area contributed by atoms with E-state index in [-0.39, 0.29) is 22.5 Å². The third-order valence-electron chi connectivity index (χ3n) is 3.26. The molecule has 0 fully saturated rings. The largest absolute Gasteiger partial charge is 0.455 e. The van der Waals surface area contributed by atoms with Crippen LogP contribution < -0.4 is 0 Å². The fourth-order valence-corrected chi connectivity index (χ4v) is 2.21. The van der Waals surface area contributed by atoms with Gasteiger partial charge in [-0.2, -0.15) is 0 Å². The molecule has 21 heavy (non-hydrogen) atoms. The van der Waals surface area contributed by atoms with E-state index in [0.29, 0.717) is 5.39 Å². The highest BCUT2D eigenvalue weighted by Gasteiger charge is 2.18. The number of aliphatic hydroxyl groups is 1. The normalized spacial score (nSPS) is 13.0. The van der Waals surface area contributed by atoms with Gasteiger partial charge in [-0.05, 0) is 23.8 Å². The van der Waals surface area contributed by atoms with E-state index in [1.165, 1.54) is 42.5 Å². The van der Waals surface area contributed by atoms with Gasteiger partial charge in [-0.3, -0.25) is 0 Å². The molecule has 0 aliphatic carbocycles. The van der Waals surface area contributed by atoms with Crippen LogP contribution in [0.3, 0.4) is 0 Å². The summed E-state index contributed by atoms with van der Waals surface area (Å²) in [5.41, 5.74) is 0.123. The second kappa shape index (κ2) is 5.26. The summed E-state index contributed by atoms with van der Waals surface area (Å²) in [7, 11) is 0. The first-order chi connectivity index (χ1) is 10.1. The Labute approximate surface area is 118 Å². The molecule has 3 rings (SSSR count). The van der Waals surface area contributed by atoms with Gasteiger partial charge in [0, 0.05) is 10.9 Å². The van der Waals surface area contributed by atoms with E-state index in [1.807, 2.05) is 0 Å². The van der Waals surface area contributed by atoms with Gasteiger partial charge in [0.25, 0.3) is 6.43 Å². The van der Waals surface area contributed by atoms with Gasteiger partial charge in [-0.15, -0.1) is 0 Å². The third-order valence-corrected chi connectivity index (χ3v) is 3.26. The van der Waals surface area contributed by atoms with Gasteiger partial charge in [-0.25, -0.2) is 13.2 Å². The van der Waals surface area contributed by atoms with E-state index in [1.54, 1.807) is 6.07 Å². The first-order valence-electron chi connectivity index (χ1n) is 6.30. The van der Waals surface area contributed by atoms with Gasteiger partial charge in [0.1, 0.15) is 11.9 Å². The van der Waals surface area contributed by atoms with Crippen molar-refractivity contribution in [1.29, 1.82) is 0 Å². The number of para-hydroxylation sites is 1. The fourth-order valence-electron chi connectivity index (χ4n) is 2.21. The van der Waals surface area contributed by atoms with Crippen LogP contribution in [-0.4, -0.2) is 5.11 Å². The molecule has 108 valence electrons. The molecule has 1 aromatic heterocycles. The predicted molar refractivity (Wildman–Crippen MR) is 71.6 cm³/mol. The maximum atomic E-state index is 13.6. The second-order valence-electron chi connectivity index (χ2n) is 4.68. The van der Waals surface area contributed by atoms with Crippen molar-refractivity contribution < 1.29 is 22.7 Å². The van der Waals surface area contributed by atoms with Crippen molar-refractivity contribution in [2.75, 3.05) is 0 Å². The van der Waals surface area contributed by atoms with Crippen molar-refractivity contribution in [3.8, 4) is 0 Å². The number of furan rings is 1. The molecule has 0 saturated carbocycles. The topological polar surface area (TPSA) is 33.4 Å². The van der Waals surface area contributed by atoms with Crippen molar-refractivity contribution in [1.82, 2.24) is 0 Å². The van der Waals surface area contributed by atoms with Crippen LogP contribution in [0.2, 0.25) is 0 Å². The first kappa shape index (κ1) is 13.7. The highest BCUT2D eigenvalue weighted by Crippen LogP contribution is 2.31. The molecular weight excluding hydrogens is 281 g/mol. The van der Waals surface area contributed by atoms with Crippen LogP contribution in [0.1, 0.15) is 29.4 Å². The van der Waals surface area contributed by atoms with Crippen LogP contribution in [0.4, 0.5) is 13.2 Å². The summed E-state index contributed by atoms with van der Waals surface area (Å²) in [6.45, 7) is 0.